The second-order valence-corrected chi connectivity index (χ2v) is 5.78. The molecule has 3 heterocycles. The lowest BCUT2D eigenvalue weighted by atomic mass is 10.1. The summed E-state index contributed by atoms with van der Waals surface area (Å²) in [4.78, 5) is 23.7. The summed E-state index contributed by atoms with van der Waals surface area (Å²) in [5.74, 6) is 0.733. The number of carbonyl (C=O) groups is 1. The van der Waals surface area contributed by atoms with Crippen LogP contribution in [-0.2, 0) is 11.2 Å². The molecule has 0 saturated heterocycles. The van der Waals surface area contributed by atoms with Crippen molar-refractivity contribution in [1.82, 2.24) is 19.5 Å². The molecular weight excluding hydrogens is 314 g/mol. The summed E-state index contributed by atoms with van der Waals surface area (Å²) in [5.41, 5.74) is 2.93. The Morgan fingerprint density at radius 3 is 2.92 bits per heavy atom. The highest BCUT2D eigenvalue weighted by molar-refractivity contribution is 5.91. The Bertz CT molecular complexity index is 986. The molecule has 1 aromatic carbocycles. The minimum absolute atomic E-state index is 0.0255. The monoisotopic (exact) mass is 331 g/mol. The molecular formula is C19H17N5O. The van der Waals surface area contributed by atoms with Gasteiger partial charge in [-0.25, -0.2) is 9.97 Å². The molecule has 0 spiro atoms. The van der Waals surface area contributed by atoms with Gasteiger partial charge >= 0.3 is 0 Å². The van der Waals surface area contributed by atoms with E-state index >= 15 is 0 Å². The number of nitrogens with zero attached hydrogens (tertiary/aromatic N) is 3. The van der Waals surface area contributed by atoms with Crippen LogP contribution < -0.4 is 5.32 Å². The number of nitrogens with one attached hydrogen (secondary N) is 2. The van der Waals surface area contributed by atoms with Crippen molar-refractivity contribution in [1.29, 1.82) is 0 Å². The van der Waals surface area contributed by atoms with Crippen LogP contribution in [0.4, 0.5) is 5.69 Å². The number of H-pyrrole nitrogens is 1. The van der Waals surface area contributed by atoms with E-state index in [1.54, 1.807) is 18.7 Å². The van der Waals surface area contributed by atoms with Crippen LogP contribution in [0.5, 0.6) is 0 Å². The molecule has 0 fully saturated rings. The fourth-order valence-corrected chi connectivity index (χ4v) is 2.82. The molecule has 0 unspecified atom stereocenters. The Morgan fingerprint density at radius 2 is 2.12 bits per heavy atom. The van der Waals surface area contributed by atoms with Crippen molar-refractivity contribution >= 4 is 22.5 Å². The SMILES string of the molecule is O=C(CCc1c[nH]c2ccccc12)Nc1ccc(-n2ccnc2)nc1. The highest BCUT2D eigenvalue weighted by Gasteiger charge is 2.07. The predicted molar refractivity (Wildman–Crippen MR) is 96.6 cm³/mol. The third-order valence-corrected chi connectivity index (χ3v) is 4.10. The van der Waals surface area contributed by atoms with Gasteiger partial charge in [0.05, 0.1) is 11.9 Å². The summed E-state index contributed by atoms with van der Waals surface area (Å²) < 4.78 is 1.81. The Labute approximate surface area is 144 Å². The summed E-state index contributed by atoms with van der Waals surface area (Å²) in [6.45, 7) is 0. The van der Waals surface area contributed by atoms with Crippen molar-refractivity contribution in [2.24, 2.45) is 0 Å². The second kappa shape index (κ2) is 6.60. The number of pyridine rings is 1. The van der Waals surface area contributed by atoms with Gasteiger partial charge in [0.25, 0.3) is 0 Å². The van der Waals surface area contributed by atoms with Gasteiger partial charge < -0.3 is 10.3 Å². The number of aromatic amines is 1. The molecule has 4 aromatic rings. The minimum Gasteiger partial charge on any atom is -0.361 e. The number of imidazole rings is 1. The first-order chi connectivity index (χ1) is 12.3. The maximum atomic E-state index is 12.2. The van der Waals surface area contributed by atoms with Crippen molar-refractivity contribution in [3.05, 3.63) is 73.1 Å². The minimum atomic E-state index is -0.0255. The fourth-order valence-electron chi connectivity index (χ4n) is 2.82. The van der Waals surface area contributed by atoms with Gasteiger partial charge in [0.15, 0.2) is 0 Å². The lowest BCUT2D eigenvalue weighted by Crippen LogP contribution is -2.12. The molecule has 0 saturated carbocycles. The Morgan fingerprint density at radius 1 is 1.20 bits per heavy atom. The topological polar surface area (TPSA) is 75.6 Å². The van der Waals surface area contributed by atoms with Crippen LogP contribution in [-0.4, -0.2) is 25.4 Å². The summed E-state index contributed by atoms with van der Waals surface area (Å²) >= 11 is 0. The number of amides is 1. The molecule has 6 nitrogen and oxygen atoms in total. The number of benzene rings is 1. The van der Waals surface area contributed by atoms with Gasteiger partial charge in [-0.3, -0.25) is 9.36 Å². The molecule has 3 aromatic heterocycles. The number of hydrogen-bond acceptors (Lipinski definition) is 3. The lowest BCUT2D eigenvalue weighted by Gasteiger charge is -2.06. The number of carbonyl (C=O) groups excluding carboxylic acids is 1. The molecule has 4 rings (SSSR count). The van der Waals surface area contributed by atoms with Crippen LogP contribution in [0.3, 0.4) is 0 Å². The second-order valence-electron chi connectivity index (χ2n) is 5.78. The number of fused-ring (bicyclic) bond motifs is 1. The number of anilines is 1. The van der Waals surface area contributed by atoms with E-state index in [1.807, 2.05) is 47.3 Å². The normalized spacial score (nSPS) is 10.9. The highest BCUT2D eigenvalue weighted by atomic mass is 16.1. The van der Waals surface area contributed by atoms with Crippen LogP contribution in [0.1, 0.15) is 12.0 Å². The fraction of sp³-hybridized carbons (Fsp3) is 0.105. The molecule has 0 radical (unpaired) electrons. The van der Waals surface area contributed by atoms with E-state index in [0.29, 0.717) is 18.5 Å². The molecule has 124 valence electrons. The first-order valence-corrected chi connectivity index (χ1v) is 8.09. The van der Waals surface area contributed by atoms with Crippen LogP contribution in [0.15, 0.2) is 67.5 Å². The Hall–Kier alpha value is -3.41. The van der Waals surface area contributed by atoms with Gasteiger partial charge in [-0.15, -0.1) is 0 Å². The highest BCUT2D eigenvalue weighted by Crippen LogP contribution is 2.19. The van der Waals surface area contributed by atoms with E-state index < -0.39 is 0 Å². The van der Waals surface area contributed by atoms with Crippen LogP contribution in [0.25, 0.3) is 16.7 Å². The molecule has 0 bridgehead atoms. The van der Waals surface area contributed by atoms with Crippen LogP contribution in [0.2, 0.25) is 0 Å². The third kappa shape index (κ3) is 3.28. The largest absolute Gasteiger partial charge is 0.361 e. The van der Waals surface area contributed by atoms with E-state index in [1.165, 1.54) is 5.39 Å². The predicted octanol–water partition coefficient (Wildman–Crippen LogP) is 3.32. The van der Waals surface area contributed by atoms with Crippen molar-refractivity contribution in [3.63, 3.8) is 0 Å². The van der Waals surface area contributed by atoms with Crippen molar-refractivity contribution in [3.8, 4) is 5.82 Å². The molecule has 0 aliphatic rings. The average molecular weight is 331 g/mol. The lowest BCUT2D eigenvalue weighted by molar-refractivity contribution is -0.116. The molecule has 0 atom stereocenters. The summed E-state index contributed by atoms with van der Waals surface area (Å²) in [7, 11) is 0. The third-order valence-electron chi connectivity index (χ3n) is 4.10. The molecule has 2 N–H and O–H groups in total. The Balaban J connectivity index is 1.37. The quantitative estimate of drug-likeness (QED) is 0.589. The van der Waals surface area contributed by atoms with Crippen molar-refractivity contribution in [2.45, 2.75) is 12.8 Å². The van der Waals surface area contributed by atoms with E-state index in [4.69, 9.17) is 0 Å². The number of para-hydroxylation sites is 1. The van der Waals surface area contributed by atoms with Crippen molar-refractivity contribution in [2.75, 3.05) is 5.32 Å². The number of aryl methyl sites for hydroxylation is 1. The van der Waals surface area contributed by atoms with Crippen LogP contribution >= 0.6 is 0 Å². The van der Waals surface area contributed by atoms with Gasteiger partial charge in [0.2, 0.25) is 5.91 Å². The van der Waals surface area contributed by atoms with Gasteiger partial charge in [0.1, 0.15) is 12.1 Å². The summed E-state index contributed by atoms with van der Waals surface area (Å²) in [5, 5.41) is 4.06. The molecule has 6 heteroatoms. The van der Waals surface area contributed by atoms with Gasteiger partial charge in [-0.1, -0.05) is 18.2 Å². The molecule has 0 aliphatic carbocycles. The average Bonchev–Trinajstić information content (AvgIpc) is 3.31. The van der Waals surface area contributed by atoms with E-state index in [0.717, 1.165) is 16.9 Å². The molecule has 1 amide bonds. The van der Waals surface area contributed by atoms with Crippen LogP contribution in [0, 0.1) is 0 Å². The first kappa shape index (κ1) is 15.1. The van der Waals surface area contributed by atoms with Gasteiger partial charge in [-0.2, -0.15) is 0 Å². The first-order valence-electron chi connectivity index (χ1n) is 8.09. The van der Waals surface area contributed by atoms with Gasteiger partial charge in [0, 0.05) is 35.9 Å². The van der Waals surface area contributed by atoms with Gasteiger partial charge in [-0.05, 0) is 30.2 Å². The smallest absolute Gasteiger partial charge is 0.224 e. The molecule has 0 aliphatic heterocycles. The summed E-state index contributed by atoms with van der Waals surface area (Å²) in [6, 6.07) is 11.8. The summed E-state index contributed by atoms with van der Waals surface area (Å²) in [6.07, 6.45) is 9.94. The van der Waals surface area contributed by atoms with Crippen molar-refractivity contribution < 1.29 is 4.79 Å². The maximum absolute atomic E-state index is 12.2. The van der Waals surface area contributed by atoms with E-state index in [2.05, 4.69) is 26.3 Å². The number of hydrogen-bond donors (Lipinski definition) is 2. The van der Waals surface area contributed by atoms with E-state index in [-0.39, 0.29) is 5.91 Å². The standard InChI is InChI=1S/C19H17N5O/c25-19(8-5-14-11-21-17-4-2-1-3-16(14)17)23-15-6-7-18(22-12-15)24-10-9-20-13-24/h1-4,6-7,9-13,21H,5,8H2,(H,23,25). The number of aromatic nitrogens is 4. The zero-order valence-electron chi connectivity index (χ0n) is 13.5. The zero-order valence-corrected chi connectivity index (χ0v) is 13.5. The zero-order chi connectivity index (χ0) is 17.1. The Kier molecular flexibility index (Phi) is 4.00. The van der Waals surface area contributed by atoms with E-state index in [9.17, 15) is 4.79 Å². The maximum Gasteiger partial charge on any atom is 0.224 e. The molecule has 25 heavy (non-hydrogen) atoms. The number of rotatable bonds is 5.